The van der Waals surface area contributed by atoms with Crippen LogP contribution in [-0.2, 0) is 13.8 Å². The van der Waals surface area contributed by atoms with Gasteiger partial charge in [-0.1, -0.05) is 0 Å². The molecule has 1 saturated carbocycles. The van der Waals surface area contributed by atoms with Gasteiger partial charge in [-0.05, 0) is 25.7 Å². The molecule has 0 aliphatic heterocycles. The molecule has 1 rings (SSSR count). The second kappa shape index (κ2) is 4.44. The lowest BCUT2D eigenvalue weighted by atomic mass is 10.4. The lowest BCUT2D eigenvalue weighted by Gasteiger charge is -1.99. The molecule has 12 heavy (non-hydrogen) atoms. The zero-order valence-electron chi connectivity index (χ0n) is 6.83. The van der Waals surface area contributed by atoms with Crippen LogP contribution in [-0.4, -0.2) is 26.9 Å². The second-order valence-electron chi connectivity index (χ2n) is 3.02. The molecule has 0 aromatic rings. The number of hydrogen-bond acceptors (Lipinski definition) is 3. The van der Waals surface area contributed by atoms with E-state index >= 15 is 0 Å². The maximum atomic E-state index is 10.5. The molecular formula is C7H13ClO3S. The summed E-state index contributed by atoms with van der Waals surface area (Å²) in [6.07, 6.45) is 4.15. The average Bonchev–Trinajstić information content (AvgIpc) is 2.68. The van der Waals surface area contributed by atoms with Crippen LogP contribution >= 0.6 is 10.7 Å². The maximum Gasteiger partial charge on any atom is 0.232 e. The van der Waals surface area contributed by atoms with Gasteiger partial charge in [-0.3, -0.25) is 0 Å². The molecule has 0 spiro atoms. The van der Waals surface area contributed by atoms with Crippen LogP contribution in [0.2, 0.25) is 0 Å². The smallest absolute Gasteiger partial charge is 0.232 e. The van der Waals surface area contributed by atoms with E-state index in [4.69, 9.17) is 15.4 Å². The van der Waals surface area contributed by atoms with Crippen molar-refractivity contribution in [3.05, 3.63) is 0 Å². The average molecular weight is 213 g/mol. The van der Waals surface area contributed by atoms with Gasteiger partial charge in [0.05, 0.1) is 11.9 Å². The van der Waals surface area contributed by atoms with Gasteiger partial charge in [-0.25, -0.2) is 8.42 Å². The Kier molecular flexibility index (Phi) is 3.80. The van der Waals surface area contributed by atoms with Crippen LogP contribution in [0.4, 0.5) is 0 Å². The van der Waals surface area contributed by atoms with Gasteiger partial charge < -0.3 is 4.74 Å². The van der Waals surface area contributed by atoms with Gasteiger partial charge >= 0.3 is 0 Å². The number of rotatable bonds is 6. The summed E-state index contributed by atoms with van der Waals surface area (Å²) in [6.45, 7) is 0.664. The van der Waals surface area contributed by atoms with Crippen LogP contribution in [0.1, 0.15) is 25.7 Å². The molecule has 0 unspecified atom stereocenters. The highest BCUT2D eigenvalue weighted by Crippen LogP contribution is 2.23. The molecule has 1 aliphatic carbocycles. The van der Waals surface area contributed by atoms with E-state index in [1.807, 2.05) is 0 Å². The molecule has 1 aliphatic rings. The highest BCUT2D eigenvalue weighted by Gasteiger charge is 2.21. The number of unbranched alkanes of at least 4 members (excludes halogenated alkanes) is 1. The van der Waals surface area contributed by atoms with Gasteiger partial charge in [0, 0.05) is 17.3 Å². The molecule has 0 bridgehead atoms. The van der Waals surface area contributed by atoms with Gasteiger partial charge in [0.2, 0.25) is 9.05 Å². The first-order valence-electron chi connectivity index (χ1n) is 4.12. The third-order valence-electron chi connectivity index (χ3n) is 1.66. The summed E-state index contributed by atoms with van der Waals surface area (Å²) in [6, 6.07) is 0. The van der Waals surface area contributed by atoms with Crippen molar-refractivity contribution in [1.82, 2.24) is 0 Å². The van der Waals surface area contributed by atoms with E-state index in [0.29, 0.717) is 19.1 Å². The molecule has 0 N–H and O–H groups in total. The van der Waals surface area contributed by atoms with Crippen LogP contribution < -0.4 is 0 Å². The molecule has 0 atom stereocenters. The predicted molar refractivity (Wildman–Crippen MR) is 47.8 cm³/mol. The Morgan fingerprint density at radius 3 is 2.50 bits per heavy atom. The highest BCUT2D eigenvalue weighted by atomic mass is 35.7. The molecule has 0 heterocycles. The third-order valence-corrected chi connectivity index (χ3v) is 2.90. The molecule has 0 aromatic heterocycles. The van der Waals surface area contributed by atoms with E-state index < -0.39 is 9.05 Å². The van der Waals surface area contributed by atoms with Crippen molar-refractivity contribution in [2.45, 2.75) is 31.8 Å². The SMILES string of the molecule is O=S(=O)(Cl)CCCCOC1CC1. The summed E-state index contributed by atoms with van der Waals surface area (Å²) in [5.74, 6) is 0.0581. The van der Waals surface area contributed by atoms with Gasteiger partial charge in [-0.2, -0.15) is 0 Å². The summed E-state index contributed by atoms with van der Waals surface area (Å²) >= 11 is 0. The van der Waals surface area contributed by atoms with Gasteiger partial charge in [0.25, 0.3) is 0 Å². The van der Waals surface area contributed by atoms with Crippen molar-refractivity contribution < 1.29 is 13.2 Å². The van der Waals surface area contributed by atoms with E-state index in [1.165, 1.54) is 0 Å². The molecule has 0 saturated heterocycles. The minimum atomic E-state index is -3.29. The minimum Gasteiger partial charge on any atom is -0.378 e. The summed E-state index contributed by atoms with van der Waals surface area (Å²) in [4.78, 5) is 0. The number of halogens is 1. The number of ether oxygens (including phenoxy) is 1. The molecule has 0 radical (unpaired) electrons. The van der Waals surface area contributed by atoms with E-state index in [2.05, 4.69) is 0 Å². The molecule has 72 valence electrons. The summed E-state index contributed by atoms with van der Waals surface area (Å²) in [5.41, 5.74) is 0. The van der Waals surface area contributed by atoms with E-state index in [0.717, 1.165) is 19.3 Å². The van der Waals surface area contributed by atoms with Gasteiger partial charge in [0.1, 0.15) is 0 Å². The largest absolute Gasteiger partial charge is 0.378 e. The lowest BCUT2D eigenvalue weighted by Crippen LogP contribution is -2.01. The Morgan fingerprint density at radius 2 is 2.00 bits per heavy atom. The van der Waals surface area contributed by atoms with E-state index in [9.17, 15) is 8.42 Å². The Bertz CT molecular complexity index is 221. The summed E-state index contributed by atoms with van der Waals surface area (Å²) in [7, 11) is 1.73. The quantitative estimate of drug-likeness (QED) is 0.495. The van der Waals surface area contributed by atoms with E-state index in [1.54, 1.807) is 0 Å². The fourth-order valence-electron chi connectivity index (χ4n) is 0.861. The van der Waals surface area contributed by atoms with Crippen LogP contribution in [0.3, 0.4) is 0 Å². The Labute approximate surface area is 77.5 Å². The molecular weight excluding hydrogens is 200 g/mol. The van der Waals surface area contributed by atoms with Gasteiger partial charge in [0.15, 0.2) is 0 Å². The third kappa shape index (κ3) is 5.80. The van der Waals surface area contributed by atoms with Gasteiger partial charge in [-0.15, -0.1) is 0 Å². The molecule has 0 amide bonds. The molecule has 0 aromatic carbocycles. The molecule has 1 fully saturated rings. The first-order chi connectivity index (χ1) is 5.58. The molecule has 5 heteroatoms. The first-order valence-corrected chi connectivity index (χ1v) is 6.60. The fraction of sp³-hybridized carbons (Fsp3) is 1.00. The normalized spacial score (nSPS) is 18.1. The first kappa shape index (κ1) is 10.3. The Balaban J connectivity index is 1.88. The second-order valence-corrected chi connectivity index (χ2v) is 5.92. The van der Waals surface area contributed by atoms with Crippen molar-refractivity contribution in [3.8, 4) is 0 Å². The fourth-order valence-corrected chi connectivity index (χ4v) is 1.74. The lowest BCUT2D eigenvalue weighted by molar-refractivity contribution is 0.117. The van der Waals surface area contributed by atoms with Crippen LogP contribution in [0.25, 0.3) is 0 Å². The van der Waals surface area contributed by atoms with Crippen molar-refractivity contribution in [2.24, 2.45) is 0 Å². The zero-order chi connectivity index (χ0) is 9.03. The predicted octanol–water partition coefficient (Wildman–Crippen LogP) is 1.51. The standard InChI is InChI=1S/C7H13ClO3S/c8-12(9,10)6-2-1-5-11-7-3-4-7/h7H,1-6H2. The summed E-state index contributed by atoms with van der Waals surface area (Å²) < 4.78 is 26.3. The molecule has 3 nitrogen and oxygen atoms in total. The van der Waals surface area contributed by atoms with Crippen molar-refractivity contribution in [1.29, 1.82) is 0 Å². The number of hydrogen-bond donors (Lipinski definition) is 0. The van der Waals surface area contributed by atoms with Crippen molar-refractivity contribution in [3.63, 3.8) is 0 Å². The zero-order valence-corrected chi connectivity index (χ0v) is 8.40. The van der Waals surface area contributed by atoms with Crippen LogP contribution in [0.5, 0.6) is 0 Å². The van der Waals surface area contributed by atoms with Crippen LogP contribution in [0.15, 0.2) is 0 Å². The Hall–Kier alpha value is 0.200. The maximum absolute atomic E-state index is 10.5. The monoisotopic (exact) mass is 212 g/mol. The van der Waals surface area contributed by atoms with Crippen LogP contribution in [0, 0.1) is 0 Å². The summed E-state index contributed by atoms with van der Waals surface area (Å²) in [5, 5.41) is 0. The highest BCUT2D eigenvalue weighted by molar-refractivity contribution is 8.13. The minimum absolute atomic E-state index is 0.0581. The van der Waals surface area contributed by atoms with Crippen molar-refractivity contribution >= 4 is 19.7 Å². The van der Waals surface area contributed by atoms with E-state index in [-0.39, 0.29) is 5.75 Å². The Morgan fingerprint density at radius 1 is 1.33 bits per heavy atom. The topological polar surface area (TPSA) is 43.4 Å². The van der Waals surface area contributed by atoms with Crippen molar-refractivity contribution in [2.75, 3.05) is 12.4 Å².